The van der Waals surface area contributed by atoms with Crippen molar-refractivity contribution in [3.05, 3.63) is 34.9 Å². The van der Waals surface area contributed by atoms with E-state index in [1.165, 1.54) is 12.1 Å². The molecule has 0 aliphatic heterocycles. The lowest BCUT2D eigenvalue weighted by atomic mass is 9.90. The Morgan fingerprint density at radius 1 is 0.885 bits per heavy atom. The zero-order valence-corrected chi connectivity index (χ0v) is 15.7. The maximum absolute atomic E-state index is 12.6. The second-order valence-electron chi connectivity index (χ2n) is 7.70. The number of rotatable bonds is 3. The first-order valence-corrected chi connectivity index (χ1v) is 7.88. The van der Waals surface area contributed by atoms with Crippen LogP contribution in [-0.2, 0) is 24.7 Å². The van der Waals surface area contributed by atoms with Crippen molar-refractivity contribution in [2.45, 2.75) is 58.3 Å². The van der Waals surface area contributed by atoms with Crippen LogP contribution in [0.1, 0.15) is 58.2 Å². The van der Waals surface area contributed by atoms with Gasteiger partial charge < -0.3 is 14.6 Å². The summed E-state index contributed by atoms with van der Waals surface area (Å²) in [4.78, 5) is 25.3. The minimum Gasteiger partial charge on any atom is -0.457 e. The van der Waals surface area contributed by atoms with E-state index in [0.717, 1.165) is 6.07 Å². The Balaban J connectivity index is 3.56. The Kier molecular flexibility index (Phi) is 5.81. The van der Waals surface area contributed by atoms with Gasteiger partial charge in [-0.25, -0.2) is 9.59 Å². The summed E-state index contributed by atoms with van der Waals surface area (Å²) < 4.78 is 10.4. The van der Waals surface area contributed by atoms with Crippen molar-refractivity contribution in [3.8, 4) is 12.1 Å². The molecule has 138 valence electrons. The summed E-state index contributed by atoms with van der Waals surface area (Å²) in [5.41, 5.74) is -4.98. The molecule has 0 saturated heterocycles. The van der Waals surface area contributed by atoms with Gasteiger partial charge in [-0.15, -0.1) is 0 Å². The number of hydrogen-bond donors (Lipinski definition) is 1. The Hall–Kier alpha value is -2.90. The highest BCUT2D eigenvalue weighted by molar-refractivity contribution is 6.04. The number of carbonyl (C=O) groups excluding carboxylic acids is 2. The van der Waals surface area contributed by atoms with E-state index < -0.39 is 28.7 Å². The van der Waals surface area contributed by atoms with Gasteiger partial charge in [0.2, 0.25) is 0 Å². The number of esters is 2. The fraction of sp³-hybridized carbons (Fsp3) is 0.474. The molecule has 0 amide bonds. The molecular weight excluding hydrogens is 336 g/mol. The molecule has 0 bridgehead atoms. The molecule has 7 nitrogen and oxygen atoms in total. The minimum atomic E-state index is -2.78. The standard InChI is InChI=1S/C19H22N2O5/c1-17(2,3)25-15(22)19(24,16(23)26-18(4,5)6)14-8-7-12(10-20)13(9-14)11-21/h7-9,24H,1-6H3. The summed E-state index contributed by atoms with van der Waals surface area (Å²) in [5.74, 6) is -2.46. The van der Waals surface area contributed by atoms with Crippen LogP contribution in [0.4, 0.5) is 0 Å². The zero-order valence-electron chi connectivity index (χ0n) is 15.7. The van der Waals surface area contributed by atoms with Gasteiger partial charge in [0.1, 0.15) is 23.3 Å². The van der Waals surface area contributed by atoms with Gasteiger partial charge in [-0.3, -0.25) is 0 Å². The summed E-state index contributed by atoms with van der Waals surface area (Å²) in [5, 5.41) is 29.2. The van der Waals surface area contributed by atoms with E-state index in [0.29, 0.717) is 0 Å². The smallest absolute Gasteiger partial charge is 0.355 e. The van der Waals surface area contributed by atoms with E-state index in [1.807, 2.05) is 6.07 Å². The highest BCUT2D eigenvalue weighted by atomic mass is 16.6. The molecule has 1 aromatic rings. The van der Waals surface area contributed by atoms with Crippen molar-refractivity contribution in [2.75, 3.05) is 0 Å². The number of benzene rings is 1. The monoisotopic (exact) mass is 358 g/mol. The number of nitrogens with zero attached hydrogens (tertiary/aromatic N) is 2. The summed E-state index contributed by atoms with van der Waals surface area (Å²) in [7, 11) is 0. The third kappa shape index (κ3) is 4.81. The van der Waals surface area contributed by atoms with Gasteiger partial charge in [0, 0.05) is 5.56 Å². The van der Waals surface area contributed by atoms with Crippen molar-refractivity contribution in [2.24, 2.45) is 0 Å². The number of ether oxygens (including phenoxy) is 2. The summed E-state index contributed by atoms with van der Waals surface area (Å²) >= 11 is 0. The van der Waals surface area contributed by atoms with Crippen LogP contribution in [0.2, 0.25) is 0 Å². The van der Waals surface area contributed by atoms with Crippen molar-refractivity contribution < 1.29 is 24.2 Å². The Morgan fingerprint density at radius 2 is 1.31 bits per heavy atom. The highest BCUT2D eigenvalue weighted by Crippen LogP contribution is 2.30. The van der Waals surface area contributed by atoms with Crippen LogP contribution in [0.15, 0.2) is 18.2 Å². The SMILES string of the molecule is CC(C)(C)OC(=O)C(O)(C(=O)OC(C)(C)C)c1ccc(C#N)c(C#N)c1. The molecule has 0 unspecified atom stereocenters. The molecule has 1 rings (SSSR count). The van der Waals surface area contributed by atoms with Crippen LogP contribution in [-0.4, -0.2) is 28.2 Å². The minimum absolute atomic E-state index is 0.0481. The third-order valence-corrected chi connectivity index (χ3v) is 3.07. The quantitative estimate of drug-likeness (QED) is 0.650. The molecule has 0 aliphatic carbocycles. The molecule has 1 N–H and O–H groups in total. The Labute approximate surface area is 152 Å². The second-order valence-corrected chi connectivity index (χ2v) is 7.70. The van der Waals surface area contributed by atoms with Gasteiger partial charge in [0.05, 0.1) is 11.1 Å². The Morgan fingerprint density at radius 3 is 1.65 bits per heavy atom. The second kappa shape index (κ2) is 7.15. The maximum atomic E-state index is 12.6. The molecule has 0 radical (unpaired) electrons. The first kappa shape index (κ1) is 21.1. The van der Waals surface area contributed by atoms with Crippen molar-refractivity contribution >= 4 is 11.9 Å². The fourth-order valence-electron chi connectivity index (χ4n) is 1.98. The van der Waals surface area contributed by atoms with Crippen LogP contribution in [0.5, 0.6) is 0 Å². The third-order valence-electron chi connectivity index (χ3n) is 3.07. The average molecular weight is 358 g/mol. The maximum Gasteiger partial charge on any atom is 0.355 e. The van der Waals surface area contributed by atoms with E-state index in [4.69, 9.17) is 14.7 Å². The van der Waals surface area contributed by atoms with Crippen LogP contribution < -0.4 is 0 Å². The molecule has 26 heavy (non-hydrogen) atoms. The number of aliphatic hydroxyl groups is 1. The highest BCUT2D eigenvalue weighted by Gasteiger charge is 2.51. The molecule has 0 aliphatic rings. The number of nitriles is 2. The van der Waals surface area contributed by atoms with E-state index in [-0.39, 0.29) is 16.7 Å². The summed E-state index contributed by atoms with van der Waals surface area (Å²) in [6, 6.07) is 7.18. The molecule has 0 saturated carbocycles. The Bertz CT molecular complexity index is 773. The first-order chi connectivity index (χ1) is 11.7. The normalized spacial score (nSPS) is 11.9. The largest absolute Gasteiger partial charge is 0.457 e. The van der Waals surface area contributed by atoms with Gasteiger partial charge in [-0.2, -0.15) is 10.5 Å². The summed E-state index contributed by atoms with van der Waals surface area (Å²) in [6.07, 6.45) is 0. The zero-order chi connectivity index (χ0) is 20.3. The van der Waals surface area contributed by atoms with Crippen molar-refractivity contribution in [1.29, 1.82) is 10.5 Å². The molecular formula is C19H22N2O5. The van der Waals surface area contributed by atoms with Gasteiger partial charge >= 0.3 is 11.9 Å². The lowest BCUT2D eigenvalue weighted by molar-refractivity contribution is -0.198. The van der Waals surface area contributed by atoms with E-state index in [9.17, 15) is 20.0 Å². The molecule has 0 heterocycles. The first-order valence-electron chi connectivity index (χ1n) is 7.88. The van der Waals surface area contributed by atoms with Crippen molar-refractivity contribution in [1.82, 2.24) is 0 Å². The van der Waals surface area contributed by atoms with Crippen LogP contribution in [0.3, 0.4) is 0 Å². The molecule has 1 aromatic carbocycles. The van der Waals surface area contributed by atoms with Crippen molar-refractivity contribution in [3.63, 3.8) is 0 Å². The van der Waals surface area contributed by atoms with E-state index in [1.54, 1.807) is 47.6 Å². The van der Waals surface area contributed by atoms with Crippen LogP contribution in [0, 0.1) is 22.7 Å². The number of hydrogen-bond acceptors (Lipinski definition) is 7. The molecule has 0 spiro atoms. The van der Waals surface area contributed by atoms with E-state index in [2.05, 4.69) is 0 Å². The lowest BCUT2D eigenvalue weighted by Crippen LogP contribution is -2.50. The van der Waals surface area contributed by atoms with Gasteiger partial charge in [-0.05, 0) is 53.7 Å². The predicted octanol–water partition coefficient (Wildman–Crippen LogP) is 2.30. The van der Waals surface area contributed by atoms with Gasteiger partial charge in [0.15, 0.2) is 0 Å². The molecule has 0 atom stereocenters. The van der Waals surface area contributed by atoms with E-state index >= 15 is 0 Å². The molecule has 0 fully saturated rings. The molecule has 0 aromatic heterocycles. The topological polar surface area (TPSA) is 120 Å². The van der Waals surface area contributed by atoms with Gasteiger partial charge in [0.25, 0.3) is 5.60 Å². The lowest BCUT2D eigenvalue weighted by Gasteiger charge is -2.31. The molecule has 7 heteroatoms. The van der Waals surface area contributed by atoms with Gasteiger partial charge in [-0.1, -0.05) is 6.07 Å². The predicted molar refractivity (Wildman–Crippen MR) is 91.5 cm³/mol. The fourth-order valence-corrected chi connectivity index (χ4v) is 1.98. The van der Waals surface area contributed by atoms with Crippen LogP contribution >= 0.6 is 0 Å². The number of carbonyl (C=O) groups is 2. The summed E-state index contributed by atoms with van der Waals surface area (Å²) in [6.45, 7) is 9.50. The van der Waals surface area contributed by atoms with Crippen LogP contribution in [0.25, 0.3) is 0 Å². The average Bonchev–Trinajstić information content (AvgIpc) is 2.49.